The van der Waals surface area contributed by atoms with E-state index in [0.717, 1.165) is 24.2 Å². The minimum atomic E-state index is -0.116. The van der Waals surface area contributed by atoms with Crippen molar-refractivity contribution in [1.29, 1.82) is 0 Å². The predicted octanol–water partition coefficient (Wildman–Crippen LogP) is 2.94. The summed E-state index contributed by atoms with van der Waals surface area (Å²) in [5.41, 5.74) is 2.26. The first-order chi connectivity index (χ1) is 14.3. The molecule has 148 valence electrons. The quantitative estimate of drug-likeness (QED) is 0.736. The summed E-state index contributed by atoms with van der Waals surface area (Å²) >= 11 is 0. The van der Waals surface area contributed by atoms with Gasteiger partial charge in [0.05, 0.1) is 17.9 Å². The molecule has 0 unspecified atom stereocenters. The third kappa shape index (κ3) is 3.58. The maximum absolute atomic E-state index is 12.6. The van der Waals surface area contributed by atoms with Gasteiger partial charge in [-0.25, -0.2) is 9.48 Å². The predicted molar refractivity (Wildman–Crippen MR) is 105 cm³/mol. The average Bonchev–Trinajstić information content (AvgIpc) is 3.44. The lowest BCUT2D eigenvalue weighted by atomic mass is 10.1. The fourth-order valence-corrected chi connectivity index (χ4v) is 3.60. The zero-order chi connectivity index (χ0) is 19.6. The second-order valence-corrected chi connectivity index (χ2v) is 7.02. The van der Waals surface area contributed by atoms with Crippen molar-refractivity contribution in [2.45, 2.75) is 18.9 Å². The van der Waals surface area contributed by atoms with Crippen LogP contribution in [-0.2, 0) is 0 Å². The number of amides is 2. The van der Waals surface area contributed by atoms with Crippen LogP contribution in [0.5, 0.6) is 11.5 Å². The average molecular weight is 392 g/mol. The number of pyridine rings is 1. The Kier molecular flexibility index (Phi) is 4.47. The Morgan fingerprint density at radius 1 is 1.07 bits per heavy atom. The smallest absolute Gasteiger partial charge is 0.321 e. The summed E-state index contributed by atoms with van der Waals surface area (Å²) in [5.74, 6) is 1.35. The lowest BCUT2D eigenvalue weighted by Crippen LogP contribution is -2.41. The molecule has 0 saturated carbocycles. The highest BCUT2D eigenvalue weighted by Crippen LogP contribution is 2.34. The number of nitrogens with one attached hydrogen (secondary N) is 1. The highest BCUT2D eigenvalue weighted by atomic mass is 16.7. The zero-order valence-corrected chi connectivity index (χ0v) is 15.7. The van der Waals surface area contributed by atoms with E-state index in [2.05, 4.69) is 20.6 Å². The molecule has 9 nitrogen and oxygen atoms in total. The van der Waals surface area contributed by atoms with Crippen molar-refractivity contribution in [1.82, 2.24) is 24.9 Å². The first-order valence-electron chi connectivity index (χ1n) is 9.55. The molecule has 2 aliphatic heterocycles. The molecule has 5 rings (SSSR count). The Morgan fingerprint density at radius 3 is 2.76 bits per heavy atom. The monoisotopic (exact) mass is 392 g/mol. The molecule has 0 bridgehead atoms. The lowest BCUT2D eigenvalue weighted by Gasteiger charge is -2.31. The normalized spacial score (nSPS) is 16.1. The molecule has 0 radical (unpaired) electrons. The number of urea groups is 1. The highest BCUT2D eigenvalue weighted by Gasteiger charge is 2.25. The van der Waals surface area contributed by atoms with Crippen molar-refractivity contribution in [3.63, 3.8) is 0 Å². The van der Waals surface area contributed by atoms with Crippen molar-refractivity contribution in [2.24, 2.45) is 0 Å². The number of anilines is 1. The van der Waals surface area contributed by atoms with Crippen LogP contribution in [0.3, 0.4) is 0 Å². The van der Waals surface area contributed by atoms with Crippen LogP contribution in [0.25, 0.3) is 11.4 Å². The third-order valence-corrected chi connectivity index (χ3v) is 5.19. The van der Waals surface area contributed by atoms with Gasteiger partial charge in [0.15, 0.2) is 11.5 Å². The highest BCUT2D eigenvalue weighted by molar-refractivity contribution is 5.89. The number of hydrogen-bond donors (Lipinski definition) is 1. The molecule has 2 amide bonds. The number of fused-ring (bicyclic) bond motifs is 1. The van der Waals surface area contributed by atoms with E-state index in [9.17, 15) is 4.79 Å². The van der Waals surface area contributed by atoms with Crippen molar-refractivity contribution in [2.75, 3.05) is 25.2 Å². The minimum Gasteiger partial charge on any atom is -0.454 e. The Balaban J connectivity index is 1.18. The minimum absolute atomic E-state index is 0.116. The Labute approximate surface area is 167 Å². The first-order valence-corrected chi connectivity index (χ1v) is 9.55. The first kappa shape index (κ1) is 17.5. The van der Waals surface area contributed by atoms with Gasteiger partial charge >= 0.3 is 6.03 Å². The van der Waals surface area contributed by atoms with Gasteiger partial charge in [-0.2, -0.15) is 0 Å². The molecular weight excluding hydrogens is 372 g/mol. The number of carbonyl (C=O) groups excluding carboxylic acids is 1. The summed E-state index contributed by atoms with van der Waals surface area (Å²) in [5, 5.41) is 11.4. The van der Waals surface area contributed by atoms with Crippen molar-refractivity contribution in [3.05, 3.63) is 48.8 Å². The molecule has 9 heteroatoms. The second-order valence-electron chi connectivity index (χ2n) is 7.02. The number of aromatic nitrogens is 4. The molecule has 2 aromatic heterocycles. The van der Waals surface area contributed by atoms with Gasteiger partial charge in [0, 0.05) is 31.0 Å². The summed E-state index contributed by atoms with van der Waals surface area (Å²) in [6, 6.07) is 11.2. The van der Waals surface area contributed by atoms with Crippen LogP contribution in [0, 0.1) is 0 Å². The molecule has 0 atom stereocenters. The van der Waals surface area contributed by atoms with Gasteiger partial charge in [-0.1, -0.05) is 11.3 Å². The number of ether oxygens (including phenoxy) is 2. The van der Waals surface area contributed by atoms with Gasteiger partial charge in [-0.15, -0.1) is 5.10 Å². The van der Waals surface area contributed by atoms with Gasteiger partial charge in [0.2, 0.25) is 6.79 Å². The molecule has 29 heavy (non-hydrogen) atoms. The lowest BCUT2D eigenvalue weighted by molar-refractivity contribution is 0.174. The number of benzene rings is 1. The van der Waals surface area contributed by atoms with Gasteiger partial charge in [-0.05, 0) is 37.1 Å². The standard InChI is InChI=1S/C20H20N6O3/c27-20(22-14-4-5-18-19(11-14)29-13-28-18)25-9-6-15(7-10-25)26-12-17(23-24-26)16-3-1-2-8-21-16/h1-5,8,11-12,15H,6-7,9-10,13H2,(H,22,27). The number of nitrogens with zero attached hydrogens (tertiary/aromatic N) is 5. The molecule has 3 aromatic rings. The molecule has 0 aliphatic carbocycles. The van der Waals surface area contributed by atoms with Crippen LogP contribution in [-0.4, -0.2) is 50.8 Å². The summed E-state index contributed by atoms with van der Waals surface area (Å²) in [6.07, 6.45) is 5.31. The number of likely N-dealkylation sites (tertiary alicyclic amines) is 1. The molecular formula is C20H20N6O3. The van der Waals surface area contributed by atoms with Crippen LogP contribution >= 0.6 is 0 Å². The zero-order valence-electron chi connectivity index (χ0n) is 15.7. The molecule has 1 saturated heterocycles. The van der Waals surface area contributed by atoms with Crippen molar-refractivity contribution < 1.29 is 14.3 Å². The Bertz CT molecular complexity index is 1010. The fourth-order valence-electron chi connectivity index (χ4n) is 3.60. The van der Waals surface area contributed by atoms with E-state index in [1.165, 1.54) is 0 Å². The van der Waals surface area contributed by atoms with Crippen LogP contribution in [0.1, 0.15) is 18.9 Å². The summed E-state index contributed by atoms with van der Waals surface area (Å²) in [4.78, 5) is 18.7. The Hall–Kier alpha value is -3.62. The number of carbonyl (C=O) groups is 1. The van der Waals surface area contributed by atoms with Gasteiger partial charge in [0.1, 0.15) is 5.69 Å². The summed E-state index contributed by atoms with van der Waals surface area (Å²) < 4.78 is 12.5. The topological polar surface area (TPSA) is 94.4 Å². The molecule has 0 spiro atoms. The Morgan fingerprint density at radius 2 is 1.93 bits per heavy atom. The third-order valence-electron chi connectivity index (χ3n) is 5.19. The maximum Gasteiger partial charge on any atom is 0.321 e. The SMILES string of the molecule is O=C(Nc1ccc2c(c1)OCO2)N1CCC(n2cc(-c3ccccn3)nn2)CC1. The largest absolute Gasteiger partial charge is 0.454 e. The van der Waals surface area contributed by atoms with Gasteiger partial charge < -0.3 is 19.7 Å². The van der Waals surface area contributed by atoms with E-state index in [4.69, 9.17) is 9.47 Å². The molecule has 1 aromatic carbocycles. The molecule has 1 N–H and O–H groups in total. The number of rotatable bonds is 3. The van der Waals surface area contributed by atoms with E-state index < -0.39 is 0 Å². The second kappa shape index (κ2) is 7.42. The van der Waals surface area contributed by atoms with Crippen molar-refractivity contribution in [3.8, 4) is 22.9 Å². The molecule has 2 aliphatic rings. The fraction of sp³-hybridized carbons (Fsp3) is 0.300. The van der Waals surface area contributed by atoms with E-state index >= 15 is 0 Å². The van der Waals surface area contributed by atoms with Crippen LogP contribution < -0.4 is 14.8 Å². The summed E-state index contributed by atoms with van der Waals surface area (Å²) in [7, 11) is 0. The molecule has 1 fully saturated rings. The van der Waals surface area contributed by atoms with Crippen molar-refractivity contribution >= 4 is 11.7 Å². The van der Waals surface area contributed by atoms with Crippen LogP contribution in [0.15, 0.2) is 48.8 Å². The van der Waals surface area contributed by atoms with Gasteiger partial charge in [0.25, 0.3) is 0 Å². The van der Waals surface area contributed by atoms with E-state index in [1.54, 1.807) is 18.3 Å². The van der Waals surface area contributed by atoms with Crippen LogP contribution in [0.2, 0.25) is 0 Å². The van der Waals surface area contributed by atoms with Gasteiger partial charge in [-0.3, -0.25) is 4.98 Å². The van der Waals surface area contributed by atoms with E-state index in [0.29, 0.717) is 30.3 Å². The number of piperidine rings is 1. The van der Waals surface area contributed by atoms with E-state index in [1.807, 2.05) is 40.0 Å². The molecule has 4 heterocycles. The number of hydrogen-bond acceptors (Lipinski definition) is 6. The van der Waals surface area contributed by atoms with Crippen LogP contribution in [0.4, 0.5) is 10.5 Å². The van der Waals surface area contributed by atoms with E-state index in [-0.39, 0.29) is 18.9 Å². The maximum atomic E-state index is 12.6. The summed E-state index contributed by atoms with van der Waals surface area (Å²) in [6.45, 7) is 1.52.